The Bertz CT molecular complexity index is 931. The lowest BCUT2D eigenvalue weighted by Gasteiger charge is -2.28. The fraction of sp³-hybridized carbons (Fsp3) is 0.526. The van der Waals surface area contributed by atoms with Gasteiger partial charge in [0.25, 0.3) is 0 Å². The summed E-state index contributed by atoms with van der Waals surface area (Å²) in [5.41, 5.74) is 8.85. The van der Waals surface area contributed by atoms with Crippen molar-refractivity contribution in [2.75, 3.05) is 13.1 Å². The van der Waals surface area contributed by atoms with E-state index in [0.717, 1.165) is 13.1 Å². The van der Waals surface area contributed by atoms with Crippen molar-refractivity contribution in [3.63, 3.8) is 0 Å². The summed E-state index contributed by atoms with van der Waals surface area (Å²) < 4.78 is 0. The maximum Gasteiger partial charge on any atom is 0.0164 e. The molecule has 0 aromatic heterocycles. The fourth-order valence-electron chi connectivity index (χ4n) is 4.72. The number of benzene rings is 2. The fourth-order valence-corrected chi connectivity index (χ4v) is 4.72. The minimum absolute atomic E-state index is 0.407. The molecule has 1 N–H and O–H groups in total. The van der Waals surface area contributed by atoms with Gasteiger partial charge in [-0.25, -0.2) is 0 Å². The van der Waals surface area contributed by atoms with Crippen LogP contribution in [0.2, 0.25) is 0 Å². The molecule has 2 aromatic rings. The Hall–Kier alpha value is -2.56. The highest BCUT2D eigenvalue weighted by atomic mass is 14.8. The molecule has 0 bridgehead atoms. The number of terminal acetylenes is 1. The first kappa shape index (κ1) is 38.6. The summed E-state index contributed by atoms with van der Waals surface area (Å²) in [6, 6.07) is 15.3. The Balaban J connectivity index is 0. The summed E-state index contributed by atoms with van der Waals surface area (Å²) in [7, 11) is 0. The van der Waals surface area contributed by atoms with Crippen molar-refractivity contribution in [2.24, 2.45) is 5.41 Å². The van der Waals surface area contributed by atoms with E-state index in [0.29, 0.717) is 5.41 Å². The van der Waals surface area contributed by atoms with E-state index in [1.54, 1.807) is 5.57 Å². The van der Waals surface area contributed by atoms with Gasteiger partial charge in [0.2, 0.25) is 0 Å². The molecule has 0 heterocycles. The monoisotopic (exact) mass is 531 g/mol. The number of aryl methyl sites for hydroxylation is 3. The minimum Gasteiger partial charge on any atom is -0.313 e. The number of hydrogen-bond donors (Lipinski definition) is 1. The molecule has 218 valence electrons. The van der Waals surface area contributed by atoms with Crippen LogP contribution in [-0.2, 0) is 6.42 Å². The Labute approximate surface area is 244 Å². The zero-order valence-electron chi connectivity index (χ0n) is 27.1. The highest BCUT2D eigenvalue weighted by Crippen LogP contribution is 2.43. The van der Waals surface area contributed by atoms with E-state index < -0.39 is 0 Å². The van der Waals surface area contributed by atoms with Gasteiger partial charge < -0.3 is 5.32 Å². The average molecular weight is 532 g/mol. The summed E-state index contributed by atoms with van der Waals surface area (Å²) in [5.74, 6) is 0. The SMILES string of the molecule is C#C.C=Cc1ccc(C)cc1C.CC.CCCC.CCCNCC1=CC(CCC)(Cc2ccccc2C)CC1. The lowest BCUT2D eigenvalue weighted by atomic mass is 9.77. The standard InChI is InChI=1S/C20H31N.C10H12.C4H10.C2H6.C2H2/c1-4-11-20(15-19-9-7-6-8-17(19)3)12-10-18(14-20)16-21-13-5-2;1-4-10-6-5-8(2)7-9(10)3;1-3-4-2;2*1-2/h6-9,14,21H,4-5,10-13,15-16H2,1-3H3;4-7H,1H2,2-3H3;3-4H2,1-2H3;1-2H3;1-2H. The number of unbranched alkanes of at least 4 members (excludes halogenated alkanes) is 1. The van der Waals surface area contributed by atoms with Crippen LogP contribution >= 0.6 is 0 Å². The van der Waals surface area contributed by atoms with Crippen LogP contribution in [0.3, 0.4) is 0 Å². The van der Waals surface area contributed by atoms with Crippen molar-refractivity contribution >= 4 is 6.08 Å². The van der Waals surface area contributed by atoms with Gasteiger partial charge in [-0.2, -0.15) is 0 Å². The van der Waals surface area contributed by atoms with E-state index in [4.69, 9.17) is 0 Å². The molecule has 39 heavy (non-hydrogen) atoms. The maximum absolute atomic E-state index is 4.00. The third kappa shape index (κ3) is 16.2. The quantitative estimate of drug-likeness (QED) is 0.183. The second-order valence-electron chi connectivity index (χ2n) is 10.3. The van der Waals surface area contributed by atoms with Crippen LogP contribution in [0.1, 0.15) is 114 Å². The Morgan fingerprint density at radius 1 is 0.872 bits per heavy atom. The van der Waals surface area contributed by atoms with Gasteiger partial charge >= 0.3 is 0 Å². The summed E-state index contributed by atoms with van der Waals surface area (Å²) in [6.45, 7) is 25.3. The normalized spacial score (nSPS) is 15.0. The van der Waals surface area contributed by atoms with Crippen molar-refractivity contribution in [1.82, 2.24) is 5.32 Å². The molecule has 1 heteroatoms. The molecule has 0 aliphatic heterocycles. The van der Waals surface area contributed by atoms with E-state index in [1.165, 1.54) is 79.2 Å². The number of hydrogen-bond acceptors (Lipinski definition) is 1. The van der Waals surface area contributed by atoms with Crippen molar-refractivity contribution < 1.29 is 0 Å². The van der Waals surface area contributed by atoms with Gasteiger partial charge in [-0.05, 0) is 87.1 Å². The van der Waals surface area contributed by atoms with Crippen LogP contribution in [0.25, 0.3) is 6.08 Å². The summed E-state index contributed by atoms with van der Waals surface area (Å²) in [6.07, 6.45) is 22.8. The summed E-state index contributed by atoms with van der Waals surface area (Å²) in [5, 5.41) is 3.56. The molecular weight excluding hydrogens is 470 g/mol. The smallest absolute Gasteiger partial charge is 0.0164 e. The molecule has 0 saturated carbocycles. The molecule has 1 aliphatic carbocycles. The molecule has 3 rings (SSSR count). The van der Waals surface area contributed by atoms with Crippen LogP contribution in [0.5, 0.6) is 0 Å². The second kappa shape index (κ2) is 24.5. The molecular formula is C38H61N. The molecule has 0 saturated heterocycles. The second-order valence-corrected chi connectivity index (χ2v) is 10.3. The number of allylic oxidation sites excluding steroid dienone is 1. The minimum atomic E-state index is 0.407. The van der Waals surface area contributed by atoms with E-state index in [-0.39, 0.29) is 0 Å². The van der Waals surface area contributed by atoms with E-state index in [2.05, 4.69) is 122 Å². The topological polar surface area (TPSA) is 12.0 Å². The first-order valence-electron chi connectivity index (χ1n) is 15.3. The zero-order chi connectivity index (χ0) is 30.1. The summed E-state index contributed by atoms with van der Waals surface area (Å²) >= 11 is 0. The van der Waals surface area contributed by atoms with Gasteiger partial charge in [0.05, 0.1) is 0 Å². The van der Waals surface area contributed by atoms with Crippen molar-refractivity contribution in [3.8, 4) is 12.8 Å². The van der Waals surface area contributed by atoms with E-state index >= 15 is 0 Å². The lowest BCUT2D eigenvalue weighted by Crippen LogP contribution is -2.19. The maximum atomic E-state index is 4.00. The first-order valence-corrected chi connectivity index (χ1v) is 15.3. The largest absolute Gasteiger partial charge is 0.313 e. The molecule has 1 unspecified atom stereocenters. The van der Waals surface area contributed by atoms with E-state index in [9.17, 15) is 0 Å². The Morgan fingerprint density at radius 3 is 2.03 bits per heavy atom. The number of rotatable bonds is 10. The number of nitrogens with one attached hydrogen (secondary N) is 1. The van der Waals surface area contributed by atoms with Crippen LogP contribution in [0.15, 0.2) is 60.7 Å². The van der Waals surface area contributed by atoms with E-state index in [1.807, 2.05) is 19.9 Å². The molecule has 1 nitrogen and oxygen atoms in total. The van der Waals surface area contributed by atoms with Gasteiger partial charge in [0, 0.05) is 6.54 Å². The predicted molar refractivity (Wildman–Crippen MR) is 181 cm³/mol. The Morgan fingerprint density at radius 2 is 1.51 bits per heavy atom. The van der Waals surface area contributed by atoms with Gasteiger partial charge in [0.15, 0.2) is 0 Å². The van der Waals surface area contributed by atoms with Gasteiger partial charge in [-0.1, -0.05) is 133 Å². The van der Waals surface area contributed by atoms with Crippen LogP contribution < -0.4 is 5.32 Å². The van der Waals surface area contributed by atoms with Gasteiger partial charge in [-0.3, -0.25) is 0 Å². The van der Waals surface area contributed by atoms with Crippen LogP contribution in [0.4, 0.5) is 0 Å². The molecule has 1 atom stereocenters. The Kier molecular flexibility index (Phi) is 24.2. The molecule has 2 aromatic carbocycles. The third-order valence-electron chi connectivity index (χ3n) is 6.93. The van der Waals surface area contributed by atoms with Crippen molar-refractivity contribution in [3.05, 3.63) is 88.5 Å². The lowest BCUT2D eigenvalue weighted by molar-refractivity contribution is 0.337. The van der Waals surface area contributed by atoms with Gasteiger partial charge in [0.1, 0.15) is 0 Å². The predicted octanol–water partition coefficient (Wildman–Crippen LogP) is 11.1. The highest BCUT2D eigenvalue weighted by Gasteiger charge is 2.32. The average Bonchev–Trinajstić information content (AvgIpc) is 3.35. The van der Waals surface area contributed by atoms with Crippen molar-refractivity contribution in [2.45, 2.75) is 114 Å². The zero-order valence-corrected chi connectivity index (χ0v) is 27.1. The molecule has 0 spiro atoms. The summed E-state index contributed by atoms with van der Waals surface area (Å²) in [4.78, 5) is 0. The van der Waals surface area contributed by atoms with Crippen LogP contribution in [-0.4, -0.2) is 13.1 Å². The molecule has 0 radical (unpaired) electrons. The third-order valence-corrected chi connectivity index (χ3v) is 6.93. The first-order chi connectivity index (χ1) is 18.8. The molecule has 1 aliphatic rings. The highest BCUT2D eigenvalue weighted by molar-refractivity contribution is 5.52. The van der Waals surface area contributed by atoms with Gasteiger partial charge in [-0.15, -0.1) is 12.8 Å². The van der Waals surface area contributed by atoms with Crippen molar-refractivity contribution in [1.29, 1.82) is 0 Å². The molecule has 0 amide bonds. The van der Waals surface area contributed by atoms with Crippen LogP contribution in [0, 0.1) is 39.0 Å². The molecule has 0 fully saturated rings.